The Balaban J connectivity index is 2.56. The first-order valence-corrected chi connectivity index (χ1v) is 7.44. The van der Waals surface area contributed by atoms with E-state index in [1.54, 1.807) is 6.07 Å². The van der Waals surface area contributed by atoms with E-state index in [0.29, 0.717) is 18.4 Å². The van der Waals surface area contributed by atoms with Gasteiger partial charge in [0.25, 0.3) is 5.56 Å². The van der Waals surface area contributed by atoms with Crippen LogP contribution in [0.2, 0.25) is 0 Å². The van der Waals surface area contributed by atoms with Gasteiger partial charge < -0.3 is 5.73 Å². The highest BCUT2D eigenvalue weighted by Crippen LogP contribution is 2.49. The minimum absolute atomic E-state index is 0.0461. The van der Waals surface area contributed by atoms with Gasteiger partial charge in [-0.25, -0.2) is 8.36 Å². The second-order valence-corrected chi connectivity index (χ2v) is 6.05. The summed E-state index contributed by atoms with van der Waals surface area (Å²) >= 11 is -0.351. The average molecular weight is 335 g/mol. The molecule has 0 unspecified atom stereocenters. The number of nitriles is 1. The van der Waals surface area contributed by atoms with E-state index in [9.17, 15) is 23.1 Å². The number of carbonyl (C=O) groups excluding carboxylic acids is 1. The Labute approximate surface area is 134 Å². The first kappa shape index (κ1) is 15.5. The molecule has 0 radical (unpaired) electrons. The number of benzene rings is 1. The van der Waals surface area contributed by atoms with Crippen LogP contribution in [0.25, 0.3) is 10.9 Å². The molecule has 23 heavy (non-hydrogen) atoms. The second-order valence-electron chi connectivity index (χ2n) is 5.54. The van der Waals surface area contributed by atoms with Crippen molar-refractivity contribution in [2.24, 2.45) is 5.73 Å². The zero-order valence-electron chi connectivity index (χ0n) is 12.0. The molecular weight excluding hydrogens is 324 g/mol. The molecule has 1 aromatic heterocycles. The Morgan fingerprint density at radius 3 is 2.61 bits per heavy atom. The summed E-state index contributed by atoms with van der Waals surface area (Å²) in [6.07, 6.45) is 0.746. The van der Waals surface area contributed by atoms with Gasteiger partial charge in [-0.15, -0.1) is 3.89 Å². The van der Waals surface area contributed by atoms with Crippen molar-refractivity contribution in [3.05, 3.63) is 45.0 Å². The molecule has 0 saturated heterocycles. The number of halogens is 2. The topological polar surface area (TPSA) is 88.9 Å². The summed E-state index contributed by atoms with van der Waals surface area (Å²) in [5, 5.41) is 9.35. The molecular formula is C15H11F2N3O2S. The van der Waals surface area contributed by atoms with E-state index in [1.807, 2.05) is 0 Å². The highest BCUT2D eigenvalue weighted by Gasteiger charge is 2.53. The lowest BCUT2D eigenvalue weighted by molar-refractivity contribution is -0.120. The fourth-order valence-electron chi connectivity index (χ4n) is 3.10. The van der Waals surface area contributed by atoms with Crippen LogP contribution in [-0.4, -0.2) is 9.88 Å². The van der Waals surface area contributed by atoms with Crippen molar-refractivity contribution in [2.45, 2.75) is 25.2 Å². The number of nitrogens with zero attached hydrogens (tertiary/aromatic N) is 2. The van der Waals surface area contributed by atoms with Gasteiger partial charge in [0.05, 0.1) is 16.5 Å². The standard InChI is InChI=1S/C15H11F2N3O2S/c1-7-11-8(6-18)9(16)2-3-10(11)20(23-17)13(21)12(7)15(4-5-15)14(19)22/h2-3H,4-5H2,1H3,(H2,19,22). The third kappa shape index (κ3) is 1.96. The number of rotatable bonds is 3. The van der Waals surface area contributed by atoms with Gasteiger partial charge in [-0.1, -0.05) is 0 Å². The second kappa shape index (κ2) is 5.06. The molecule has 118 valence electrons. The minimum Gasteiger partial charge on any atom is -0.369 e. The summed E-state index contributed by atoms with van der Waals surface area (Å²) in [4.78, 5) is 24.4. The van der Waals surface area contributed by atoms with Crippen molar-refractivity contribution >= 4 is 29.1 Å². The Hall–Kier alpha value is -2.40. The maximum absolute atomic E-state index is 13.9. The summed E-state index contributed by atoms with van der Waals surface area (Å²) < 4.78 is 28.0. The number of nitrogens with two attached hydrogens (primary N) is 1. The van der Waals surface area contributed by atoms with Crippen molar-refractivity contribution < 1.29 is 13.1 Å². The van der Waals surface area contributed by atoms with Crippen LogP contribution in [0.3, 0.4) is 0 Å². The number of hydrogen-bond donors (Lipinski definition) is 1. The molecule has 3 rings (SSSR count). The van der Waals surface area contributed by atoms with Gasteiger partial charge >= 0.3 is 0 Å². The van der Waals surface area contributed by atoms with E-state index in [4.69, 9.17) is 5.73 Å². The van der Waals surface area contributed by atoms with E-state index in [-0.39, 0.29) is 34.4 Å². The largest absolute Gasteiger partial charge is 0.369 e. The van der Waals surface area contributed by atoms with Gasteiger partial charge in [-0.05, 0) is 37.5 Å². The lowest BCUT2D eigenvalue weighted by Gasteiger charge is -2.18. The first-order valence-electron chi connectivity index (χ1n) is 6.76. The molecule has 0 atom stereocenters. The van der Waals surface area contributed by atoms with Crippen molar-refractivity contribution in [3.8, 4) is 6.07 Å². The number of aromatic nitrogens is 1. The number of carbonyl (C=O) groups is 1. The molecule has 1 aliphatic carbocycles. The van der Waals surface area contributed by atoms with E-state index >= 15 is 0 Å². The molecule has 1 aliphatic rings. The normalized spacial score (nSPS) is 15.4. The summed E-state index contributed by atoms with van der Waals surface area (Å²) in [6, 6.07) is 3.98. The van der Waals surface area contributed by atoms with Gasteiger partial charge in [-0.2, -0.15) is 5.26 Å². The molecule has 1 heterocycles. The van der Waals surface area contributed by atoms with Crippen LogP contribution in [-0.2, 0) is 10.2 Å². The maximum atomic E-state index is 13.9. The fourth-order valence-corrected chi connectivity index (χ4v) is 3.48. The third-order valence-electron chi connectivity index (χ3n) is 4.38. The lowest BCUT2D eigenvalue weighted by atomic mass is 9.89. The molecule has 1 amide bonds. The highest BCUT2D eigenvalue weighted by atomic mass is 32.2. The van der Waals surface area contributed by atoms with Crippen molar-refractivity contribution in [2.75, 3.05) is 0 Å². The number of fused-ring (bicyclic) bond motifs is 1. The van der Waals surface area contributed by atoms with Gasteiger partial charge in [0.1, 0.15) is 11.9 Å². The predicted molar refractivity (Wildman–Crippen MR) is 81.8 cm³/mol. The Kier molecular flexibility index (Phi) is 3.41. The summed E-state index contributed by atoms with van der Waals surface area (Å²) in [7, 11) is 0. The third-order valence-corrected chi connectivity index (χ3v) is 4.88. The van der Waals surface area contributed by atoms with Crippen LogP contribution in [0.4, 0.5) is 8.28 Å². The molecule has 5 nitrogen and oxygen atoms in total. The molecule has 0 aliphatic heterocycles. The Morgan fingerprint density at radius 2 is 2.13 bits per heavy atom. The van der Waals surface area contributed by atoms with Gasteiger partial charge in [0.15, 0.2) is 12.3 Å². The molecule has 0 bridgehead atoms. The SMILES string of the molecule is Cc1c(C2(C(N)=O)CC2)c(=O)n(SF)c2ccc(F)c(C#N)c12. The van der Waals surface area contributed by atoms with Crippen LogP contribution < -0.4 is 11.3 Å². The molecule has 0 spiro atoms. The van der Waals surface area contributed by atoms with Crippen LogP contribution >= 0.6 is 12.3 Å². The number of hydrogen-bond acceptors (Lipinski definition) is 4. The van der Waals surface area contributed by atoms with Crippen molar-refractivity contribution in [3.63, 3.8) is 0 Å². The summed E-state index contributed by atoms with van der Waals surface area (Å²) in [5.41, 5.74) is 3.69. The molecule has 1 saturated carbocycles. The smallest absolute Gasteiger partial charge is 0.267 e. The molecule has 1 aromatic carbocycles. The molecule has 8 heteroatoms. The van der Waals surface area contributed by atoms with E-state index in [2.05, 4.69) is 0 Å². The Bertz CT molecular complexity index is 958. The van der Waals surface area contributed by atoms with Crippen LogP contribution in [0.5, 0.6) is 0 Å². The molecule has 1 fully saturated rings. The zero-order chi connectivity index (χ0) is 16.9. The summed E-state index contributed by atoms with van der Waals surface area (Å²) in [6.45, 7) is 1.52. The highest BCUT2D eigenvalue weighted by molar-refractivity contribution is 7.92. The summed E-state index contributed by atoms with van der Waals surface area (Å²) in [5.74, 6) is -1.45. The molecule has 2 N–H and O–H groups in total. The monoisotopic (exact) mass is 335 g/mol. The number of primary amides is 1. The van der Waals surface area contributed by atoms with Crippen molar-refractivity contribution in [1.29, 1.82) is 5.26 Å². The maximum Gasteiger partial charge on any atom is 0.267 e. The van der Waals surface area contributed by atoms with Crippen LogP contribution in [0, 0.1) is 24.1 Å². The first-order chi connectivity index (χ1) is 10.9. The molecule has 2 aromatic rings. The predicted octanol–water partition coefficient (Wildman–Crippen LogP) is 2.22. The Morgan fingerprint density at radius 1 is 1.48 bits per heavy atom. The van der Waals surface area contributed by atoms with Gasteiger partial charge in [0.2, 0.25) is 5.91 Å². The average Bonchev–Trinajstić information content (AvgIpc) is 3.30. The van der Waals surface area contributed by atoms with E-state index < -0.39 is 22.7 Å². The number of pyridine rings is 1. The zero-order valence-corrected chi connectivity index (χ0v) is 12.8. The lowest BCUT2D eigenvalue weighted by Crippen LogP contribution is -2.36. The van der Waals surface area contributed by atoms with Crippen molar-refractivity contribution in [1.82, 2.24) is 3.97 Å². The van der Waals surface area contributed by atoms with E-state index in [0.717, 1.165) is 10.0 Å². The van der Waals surface area contributed by atoms with Gasteiger partial charge in [0, 0.05) is 10.9 Å². The van der Waals surface area contributed by atoms with Crippen LogP contribution in [0.1, 0.15) is 29.5 Å². The quantitative estimate of drug-likeness (QED) is 0.931. The van der Waals surface area contributed by atoms with E-state index in [1.165, 1.54) is 13.0 Å². The van der Waals surface area contributed by atoms with Crippen LogP contribution in [0.15, 0.2) is 16.9 Å². The number of amides is 1. The number of aryl methyl sites for hydroxylation is 1. The minimum atomic E-state index is -1.16. The van der Waals surface area contributed by atoms with Gasteiger partial charge in [-0.3, -0.25) is 9.59 Å². The fraction of sp³-hybridized carbons (Fsp3) is 0.267.